The molecule has 1 aromatic rings. The van der Waals surface area contributed by atoms with Crippen LogP contribution in [0.2, 0.25) is 0 Å². The summed E-state index contributed by atoms with van der Waals surface area (Å²) in [4.78, 5) is 27.5. The number of benzene rings is 1. The lowest BCUT2D eigenvalue weighted by atomic mass is 9.71. The first-order valence-corrected chi connectivity index (χ1v) is 7.59. The van der Waals surface area contributed by atoms with Crippen LogP contribution in [0.25, 0.3) is 0 Å². The largest absolute Gasteiger partial charge is 0.274 e. The van der Waals surface area contributed by atoms with Crippen molar-refractivity contribution in [2.24, 2.45) is 23.2 Å². The molecule has 0 spiro atoms. The van der Waals surface area contributed by atoms with Crippen LogP contribution < -0.4 is 4.90 Å². The van der Waals surface area contributed by atoms with Gasteiger partial charge in [0.2, 0.25) is 11.8 Å². The normalized spacial score (nSPS) is 36.7. The summed E-state index contributed by atoms with van der Waals surface area (Å²) in [5.41, 5.74) is 2.23. The van der Waals surface area contributed by atoms with E-state index in [1.165, 1.54) is 4.90 Å². The molecule has 0 radical (unpaired) electrons. The van der Waals surface area contributed by atoms with Crippen LogP contribution in [-0.2, 0) is 9.59 Å². The van der Waals surface area contributed by atoms with Crippen LogP contribution in [0.4, 0.5) is 5.69 Å². The Morgan fingerprint density at radius 1 is 1.14 bits per heavy atom. The number of rotatable bonds is 1. The van der Waals surface area contributed by atoms with Gasteiger partial charge in [-0.25, -0.2) is 4.90 Å². The van der Waals surface area contributed by atoms with Crippen molar-refractivity contribution in [3.8, 4) is 0 Å². The third-order valence-electron chi connectivity index (χ3n) is 5.77. The maximum atomic E-state index is 13.1. The van der Waals surface area contributed by atoms with Crippen molar-refractivity contribution >= 4 is 17.5 Å². The van der Waals surface area contributed by atoms with Crippen LogP contribution in [0.5, 0.6) is 0 Å². The molecule has 108 valence electrons. The van der Waals surface area contributed by atoms with Gasteiger partial charge >= 0.3 is 0 Å². The monoisotopic (exact) mass is 281 g/mol. The van der Waals surface area contributed by atoms with Crippen LogP contribution >= 0.6 is 0 Å². The summed E-state index contributed by atoms with van der Waals surface area (Å²) in [5.74, 6) is 0.284. The van der Waals surface area contributed by atoms with Crippen molar-refractivity contribution in [1.29, 1.82) is 0 Å². The number of carbonyl (C=O) groups is 2. The van der Waals surface area contributed by atoms with Gasteiger partial charge in [-0.1, -0.05) is 30.4 Å². The topological polar surface area (TPSA) is 37.4 Å². The second-order valence-electron chi connectivity index (χ2n) is 6.87. The van der Waals surface area contributed by atoms with E-state index in [4.69, 9.17) is 0 Å². The number of allylic oxidation sites excluding steroid dienone is 2. The average molecular weight is 281 g/mol. The molecule has 0 aromatic heterocycles. The standard InChI is InChI=1S/C18H19NO2/c1-10-5-4-6-11(2)15(10)19-16(20)14-12-7-8-13(9-12)18(14,3)17(19)21/h4-8,12-14H,9H2,1-3H3/t12-,13+,14+,18+/m0/s1. The molecule has 1 saturated carbocycles. The third kappa shape index (κ3) is 1.34. The van der Waals surface area contributed by atoms with Gasteiger partial charge in [-0.3, -0.25) is 9.59 Å². The number of aryl methyl sites for hydroxylation is 2. The van der Waals surface area contributed by atoms with Gasteiger partial charge in [-0.15, -0.1) is 0 Å². The van der Waals surface area contributed by atoms with Gasteiger partial charge in [0.05, 0.1) is 17.0 Å². The third-order valence-corrected chi connectivity index (χ3v) is 5.77. The Labute approximate surface area is 124 Å². The van der Waals surface area contributed by atoms with E-state index in [1.807, 2.05) is 39.0 Å². The number of hydrogen-bond acceptors (Lipinski definition) is 2. The van der Waals surface area contributed by atoms with E-state index in [0.29, 0.717) is 0 Å². The molecule has 1 heterocycles. The summed E-state index contributed by atoms with van der Waals surface area (Å²) in [7, 11) is 0. The fourth-order valence-electron chi connectivity index (χ4n) is 4.68. The molecule has 1 aromatic carbocycles. The Kier molecular flexibility index (Phi) is 2.35. The molecule has 4 atom stereocenters. The summed E-state index contributed by atoms with van der Waals surface area (Å²) in [5, 5.41) is 0. The molecule has 2 aliphatic carbocycles. The molecule has 3 heteroatoms. The van der Waals surface area contributed by atoms with E-state index in [9.17, 15) is 9.59 Å². The first kappa shape index (κ1) is 12.8. The molecule has 2 fully saturated rings. The molecule has 21 heavy (non-hydrogen) atoms. The van der Waals surface area contributed by atoms with Crippen LogP contribution in [0.3, 0.4) is 0 Å². The molecule has 3 nitrogen and oxygen atoms in total. The summed E-state index contributed by atoms with van der Waals surface area (Å²) in [6, 6.07) is 5.89. The van der Waals surface area contributed by atoms with E-state index in [2.05, 4.69) is 12.2 Å². The number of anilines is 1. The first-order chi connectivity index (χ1) is 9.96. The zero-order valence-corrected chi connectivity index (χ0v) is 12.6. The van der Waals surface area contributed by atoms with Crippen LogP contribution in [0.1, 0.15) is 24.5 Å². The SMILES string of the molecule is Cc1cccc(C)c1N1C(=O)[C@H]2[C@H]3C=C[C@H](C3)[C@@]2(C)C1=O. The minimum absolute atomic E-state index is 0.00301. The fraction of sp³-hybridized carbons (Fsp3) is 0.444. The zero-order valence-electron chi connectivity index (χ0n) is 12.6. The number of hydrogen-bond donors (Lipinski definition) is 0. The number of nitrogens with zero attached hydrogens (tertiary/aromatic N) is 1. The smallest absolute Gasteiger partial charge is 0.241 e. The summed E-state index contributed by atoms with van der Waals surface area (Å²) >= 11 is 0. The van der Waals surface area contributed by atoms with Gasteiger partial charge < -0.3 is 0 Å². The molecule has 1 aliphatic heterocycles. The molecule has 0 unspecified atom stereocenters. The number of imide groups is 1. The van der Waals surface area contributed by atoms with Gasteiger partial charge in [0, 0.05) is 0 Å². The van der Waals surface area contributed by atoms with E-state index in [0.717, 1.165) is 23.2 Å². The van der Waals surface area contributed by atoms with Crippen molar-refractivity contribution in [2.75, 3.05) is 4.90 Å². The predicted molar refractivity (Wildman–Crippen MR) is 80.7 cm³/mol. The number of para-hydroxylation sites is 1. The second-order valence-corrected chi connectivity index (χ2v) is 6.87. The highest BCUT2D eigenvalue weighted by Crippen LogP contribution is 2.61. The van der Waals surface area contributed by atoms with Crippen LogP contribution in [0, 0.1) is 37.0 Å². The Morgan fingerprint density at radius 3 is 2.43 bits per heavy atom. The van der Waals surface area contributed by atoms with Gasteiger partial charge in [0.25, 0.3) is 0 Å². The molecular formula is C18H19NO2. The van der Waals surface area contributed by atoms with Crippen molar-refractivity contribution in [2.45, 2.75) is 27.2 Å². The summed E-state index contributed by atoms with van der Waals surface area (Å²) in [6.07, 6.45) is 5.23. The van der Waals surface area contributed by atoms with Crippen molar-refractivity contribution in [3.05, 3.63) is 41.5 Å². The Morgan fingerprint density at radius 2 is 1.81 bits per heavy atom. The predicted octanol–water partition coefficient (Wildman–Crippen LogP) is 3.01. The molecule has 4 rings (SSSR count). The van der Waals surface area contributed by atoms with Crippen molar-refractivity contribution in [1.82, 2.24) is 0 Å². The van der Waals surface area contributed by atoms with Gasteiger partial charge in [-0.05, 0) is 50.2 Å². The maximum Gasteiger partial charge on any atom is 0.241 e. The van der Waals surface area contributed by atoms with Crippen LogP contribution in [-0.4, -0.2) is 11.8 Å². The second kappa shape index (κ2) is 3.85. The maximum absolute atomic E-state index is 13.1. The van der Waals surface area contributed by atoms with Crippen molar-refractivity contribution in [3.63, 3.8) is 0 Å². The highest BCUT2D eigenvalue weighted by molar-refractivity contribution is 6.25. The highest BCUT2D eigenvalue weighted by atomic mass is 16.2. The van der Waals surface area contributed by atoms with E-state index >= 15 is 0 Å². The summed E-state index contributed by atoms with van der Waals surface area (Å²) < 4.78 is 0. The lowest BCUT2D eigenvalue weighted by Gasteiger charge is -2.28. The molecule has 0 N–H and O–H groups in total. The molecule has 3 aliphatic rings. The minimum Gasteiger partial charge on any atom is -0.274 e. The van der Waals surface area contributed by atoms with Gasteiger partial charge in [-0.2, -0.15) is 0 Å². The average Bonchev–Trinajstić information content (AvgIpc) is 3.06. The van der Waals surface area contributed by atoms with Gasteiger partial charge in [0.15, 0.2) is 0 Å². The van der Waals surface area contributed by atoms with Crippen molar-refractivity contribution < 1.29 is 9.59 Å². The van der Waals surface area contributed by atoms with E-state index in [1.54, 1.807) is 0 Å². The summed E-state index contributed by atoms with van der Waals surface area (Å²) in [6.45, 7) is 5.91. The quantitative estimate of drug-likeness (QED) is 0.586. The van der Waals surface area contributed by atoms with E-state index in [-0.39, 0.29) is 29.6 Å². The van der Waals surface area contributed by atoms with Crippen LogP contribution in [0.15, 0.2) is 30.4 Å². The van der Waals surface area contributed by atoms with E-state index < -0.39 is 5.41 Å². The Balaban J connectivity index is 1.87. The Bertz CT molecular complexity index is 685. The minimum atomic E-state index is -0.536. The lowest BCUT2D eigenvalue weighted by molar-refractivity contribution is -0.127. The molecule has 1 saturated heterocycles. The Hall–Kier alpha value is -1.90. The highest BCUT2D eigenvalue weighted by Gasteiger charge is 2.67. The lowest BCUT2D eigenvalue weighted by Crippen LogP contribution is -2.38. The number of fused-ring (bicyclic) bond motifs is 5. The zero-order chi connectivity index (χ0) is 14.9. The number of amides is 2. The molecule has 2 bridgehead atoms. The first-order valence-electron chi connectivity index (χ1n) is 7.59. The molecule has 2 amide bonds. The molecular weight excluding hydrogens is 262 g/mol. The fourth-order valence-corrected chi connectivity index (χ4v) is 4.68. The number of carbonyl (C=O) groups excluding carboxylic acids is 2. The van der Waals surface area contributed by atoms with Gasteiger partial charge in [0.1, 0.15) is 0 Å².